The maximum Gasteiger partial charge on any atom is 0.233 e. The van der Waals surface area contributed by atoms with Crippen molar-refractivity contribution in [2.75, 3.05) is 5.75 Å². The number of hydrogen-bond acceptors (Lipinski definition) is 6. The summed E-state index contributed by atoms with van der Waals surface area (Å²) in [5.74, 6) is 0.481. The Balaban J connectivity index is 1.44. The monoisotopic (exact) mass is 399 g/mol. The fraction of sp³-hybridized carbons (Fsp3) is 0.368. The molecule has 0 unspecified atom stereocenters. The summed E-state index contributed by atoms with van der Waals surface area (Å²) in [5, 5.41) is 16.8. The van der Waals surface area contributed by atoms with Crippen molar-refractivity contribution in [1.82, 2.24) is 25.1 Å². The van der Waals surface area contributed by atoms with Crippen LogP contribution in [0, 0.1) is 13.8 Å². The molecule has 6 nitrogen and oxygen atoms in total. The van der Waals surface area contributed by atoms with Crippen molar-refractivity contribution >= 4 is 29.0 Å². The van der Waals surface area contributed by atoms with Gasteiger partial charge in [-0.1, -0.05) is 17.8 Å². The second-order valence-corrected chi connectivity index (χ2v) is 8.54. The Morgan fingerprint density at radius 2 is 2.15 bits per heavy atom. The number of rotatable bonds is 7. The van der Waals surface area contributed by atoms with Gasteiger partial charge in [-0.25, -0.2) is 0 Å². The molecule has 8 heteroatoms. The quantitative estimate of drug-likeness (QED) is 0.568. The molecule has 0 N–H and O–H groups in total. The Hall–Kier alpha value is -2.19. The maximum atomic E-state index is 12.8. The average molecular weight is 400 g/mol. The Kier molecular flexibility index (Phi) is 5.27. The third-order valence-electron chi connectivity index (χ3n) is 4.74. The van der Waals surface area contributed by atoms with E-state index in [4.69, 9.17) is 0 Å². The summed E-state index contributed by atoms with van der Waals surface area (Å²) < 4.78 is 1.70. The number of nitrogens with zero attached hydrogens (tertiary/aromatic N) is 5. The highest BCUT2D eigenvalue weighted by Crippen LogP contribution is 2.30. The minimum Gasteiger partial charge on any atom is -0.335 e. The number of hydrogen-bond donors (Lipinski definition) is 0. The van der Waals surface area contributed by atoms with Crippen molar-refractivity contribution in [2.45, 2.75) is 44.4 Å². The van der Waals surface area contributed by atoms with E-state index in [0.29, 0.717) is 23.5 Å². The summed E-state index contributed by atoms with van der Waals surface area (Å²) in [4.78, 5) is 14.8. The molecule has 0 bridgehead atoms. The van der Waals surface area contributed by atoms with Crippen molar-refractivity contribution in [1.29, 1.82) is 0 Å². The van der Waals surface area contributed by atoms with Crippen LogP contribution in [-0.2, 0) is 11.3 Å². The van der Waals surface area contributed by atoms with E-state index in [1.165, 1.54) is 28.5 Å². The maximum absolute atomic E-state index is 12.8. The molecule has 1 aliphatic carbocycles. The summed E-state index contributed by atoms with van der Waals surface area (Å²) in [5.41, 5.74) is 4.52. The number of carbonyl (C=O) groups is 1. The molecule has 27 heavy (non-hydrogen) atoms. The van der Waals surface area contributed by atoms with Crippen molar-refractivity contribution in [3.8, 4) is 5.69 Å². The van der Waals surface area contributed by atoms with Crippen LogP contribution in [-0.4, -0.2) is 42.8 Å². The third kappa shape index (κ3) is 4.22. The second kappa shape index (κ2) is 7.82. The predicted molar refractivity (Wildman–Crippen MR) is 107 cm³/mol. The van der Waals surface area contributed by atoms with Crippen molar-refractivity contribution < 1.29 is 4.79 Å². The van der Waals surface area contributed by atoms with Crippen molar-refractivity contribution in [3.05, 3.63) is 51.7 Å². The van der Waals surface area contributed by atoms with Gasteiger partial charge in [-0.15, -0.1) is 5.10 Å². The number of aryl methyl sites for hydroxylation is 2. The van der Waals surface area contributed by atoms with Gasteiger partial charge in [0.1, 0.15) is 0 Å². The zero-order chi connectivity index (χ0) is 18.8. The van der Waals surface area contributed by atoms with Gasteiger partial charge in [0.2, 0.25) is 11.1 Å². The van der Waals surface area contributed by atoms with Crippen LogP contribution in [0.3, 0.4) is 0 Å². The van der Waals surface area contributed by atoms with E-state index in [-0.39, 0.29) is 5.91 Å². The van der Waals surface area contributed by atoms with Crippen LogP contribution >= 0.6 is 23.1 Å². The van der Waals surface area contributed by atoms with Gasteiger partial charge in [0.25, 0.3) is 0 Å². The molecule has 0 radical (unpaired) electrons. The van der Waals surface area contributed by atoms with Gasteiger partial charge < -0.3 is 4.90 Å². The highest BCUT2D eigenvalue weighted by Gasteiger charge is 2.32. The molecule has 2 heterocycles. The normalized spacial score (nSPS) is 13.7. The van der Waals surface area contributed by atoms with Crippen LogP contribution in [0.1, 0.15) is 29.5 Å². The van der Waals surface area contributed by atoms with E-state index in [1.807, 2.05) is 11.0 Å². The Morgan fingerprint density at radius 3 is 2.85 bits per heavy atom. The summed E-state index contributed by atoms with van der Waals surface area (Å²) >= 11 is 3.06. The lowest BCUT2D eigenvalue weighted by atomic mass is 10.1. The fourth-order valence-corrected chi connectivity index (χ4v) is 4.32. The van der Waals surface area contributed by atoms with E-state index < -0.39 is 0 Å². The van der Waals surface area contributed by atoms with Crippen LogP contribution in [0.25, 0.3) is 5.69 Å². The van der Waals surface area contributed by atoms with Crippen molar-refractivity contribution in [2.24, 2.45) is 0 Å². The molecule has 0 spiro atoms. The van der Waals surface area contributed by atoms with Gasteiger partial charge >= 0.3 is 0 Å². The van der Waals surface area contributed by atoms with Gasteiger partial charge in [-0.2, -0.15) is 16.0 Å². The zero-order valence-electron chi connectivity index (χ0n) is 15.3. The number of tetrazole rings is 1. The van der Waals surface area contributed by atoms with Gasteiger partial charge in [-0.3, -0.25) is 4.79 Å². The van der Waals surface area contributed by atoms with Gasteiger partial charge in [0, 0.05) is 12.6 Å². The first-order valence-corrected chi connectivity index (χ1v) is 10.8. The molecule has 2 aromatic heterocycles. The van der Waals surface area contributed by atoms with Crippen LogP contribution in [0.2, 0.25) is 0 Å². The zero-order valence-corrected chi connectivity index (χ0v) is 17.0. The fourth-order valence-electron chi connectivity index (χ4n) is 2.88. The molecular weight excluding hydrogens is 378 g/mol. The van der Waals surface area contributed by atoms with Crippen LogP contribution in [0.15, 0.2) is 40.2 Å². The third-order valence-corrected chi connectivity index (χ3v) is 6.38. The Labute approximate surface area is 166 Å². The number of thioether (sulfide) groups is 1. The Morgan fingerprint density at radius 1 is 1.30 bits per heavy atom. The highest BCUT2D eigenvalue weighted by molar-refractivity contribution is 7.99. The molecule has 0 aliphatic heterocycles. The molecular formula is C19H21N5OS2. The average Bonchev–Trinajstić information content (AvgIpc) is 3.17. The minimum absolute atomic E-state index is 0.142. The molecule has 140 valence electrons. The topological polar surface area (TPSA) is 63.9 Å². The minimum atomic E-state index is 0.142. The van der Waals surface area contributed by atoms with E-state index in [2.05, 4.69) is 58.3 Å². The molecule has 1 aliphatic rings. The summed E-state index contributed by atoms with van der Waals surface area (Å²) in [6.07, 6.45) is 2.20. The first-order chi connectivity index (χ1) is 13.1. The molecule has 0 saturated heterocycles. The van der Waals surface area contributed by atoms with Gasteiger partial charge in [-0.05, 0) is 82.8 Å². The SMILES string of the molecule is Cc1ccc(-n2nnnc2SCC(=O)N(Cc2ccsc2)C2CC2)cc1C. The van der Waals surface area contributed by atoms with Crippen LogP contribution in [0.5, 0.6) is 0 Å². The molecule has 4 rings (SSSR count). The van der Waals surface area contributed by atoms with E-state index in [1.54, 1.807) is 16.0 Å². The number of aromatic nitrogens is 4. The van der Waals surface area contributed by atoms with Crippen LogP contribution < -0.4 is 0 Å². The lowest BCUT2D eigenvalue weighted by Crippen LogP contribution is -2.33. The second-order valence-electron chi connectivity index (χ2n) is 6.81. The number of thiophene rings is 1. The smallest absolute Gasteiger partial charge is 0.233 e. The molecule has 3 aromatic rings. The first-order valence-electron chi connectivity index (χ1n) is 8.91. The highest BCUT2D eigenvalue weighted by atomic mass is 32.2. The van der Waals surface area contributed by atoms with E-state index in [0.717, 1.165) is 18.5 Å². The molecule has 1 amide bonds. The van der Waals surface area contributed by atoms with Crippen molar-refractivity contribution in [3.63, 3.8) is 0 Å². The molecule has 0 atom stereocenters. The van der Waals surface area contributed by atoms with Gasteiger partial charge in [0.15, 0.2) is 0 Å². The number of carbonyl (C=O) groups excluding carboxylic acids is 1. The predicted octanol–water partition coefficient (Wildman–Crippen LogP) is 3.62. The summed E-state index contributed by atoms with van der Waals surface area (Å²) in [7, 11) is 0. The number of benzene rings is 1. The number of amides is 1. The lowest BCUT2D eigenvalue weighted by molar-refractivity contribution is -0.129. The summed E-state index contributed by atoms with van der Waals surface area (Å²) in [6.45, 7) is 4.83. The molecule has 1 fully saturated rings. The largest absolute Gasteiger partial charge is 0.335 e. The summed E-state index contributed by atoms with van der Waals surface area (Å²) in [6, 6.07) is 8.58. The Bertz CT molecular complexity index is 933. The van der Waals surface area contributed by atoms with E-state index in [9.17, 15) is 4.79 Å². The lowest BCUT2D eigenvalue weighted by Gasteiger charge is -2.21. The van der Waals surface area contributed by atoms with Gasteiger partial charge in [0.05, 0.1) is 11.4 Å². The first kappa shape index (κ1) is 18.2. The van der Waals surface area contributed by atoms with E-state index >= 15 is 0 Å². The molecule has 1 aromatic carbocycles. The van der Waals surface area contributed by atoms with Crippen LogP contribution in [0.4, 0.5) is 0 Å². The standard InChI is InChI=1S/C19H21N5OS2/c1-13-3-4-17(9-14(13)2)24-19(20-21-22-24)27-12-18(25)23(16-5-6-16)10-15-7-8-26-11-15/h3-4,7-9,11,16H,5-6,10,12H2,1-2H3. The molecule has 1 saturated carbocycles.